The van der Waals surface area contributed by atoms with Crippen molar-refractivity contribution in [2.75, 3.05) is 13.6 Å². The second-order valence-corrected chi connectivity index (χ2v) is 6.93. The van der Waals surface area contributed by atoms with E-state index in [4.69, 9.17) is 0 Å². The molecule has 1 aromatic rings. The highest BCUT2D eigenvalue weighted by atomic mass is 32.2. The lowest BCUT2D eigenvalue weighted by Gasteiger charge is -2.29. The normalized spacial score (nSPS) is 19.6. The zero-order chi connectivity index (χ0) is 15.6. The third kappa shape index (κ3) is 3.68. The third-order valence-electron chi connectivity index (χ3n) is 3.52. The van der Waals surface area contributed by atoms with E-state index in [1.807, 2.05) is 0 Å². The minimum Gasteiger partial charge on any atom is -0.344 e. The van der Waals surface area contributed by atoms with Gasteiger partial charge in [-0.1, -0.05) is 12.1 Å². The lowest BCUT2D eigenvalue weighted by molar-refractivity contribution is -0.132. The molecule has 1 aliphatic heterocycles. The summed E-state index contributed by atoms with van der Waals surface area (Å²) in [4.78, 5) is 24.2. The maximum Gasteiger partial charge on any atom is 0.240 e. The molecule has 1 atom stereocenters. The molecule has 0 aromatic heterocycles. The summed E-state index contributed by atoms with van der Waals surface area (Å²) in [5.41, 5.74) is 0.469. The summed E-state index contributed by atoms with van der Waals surface area (Å²) in [5, 5.41) is 0. The fraction of sp³-hybridized carbons (Fsp3) is 0.429. The summed E-state index contributed by atoms with van der Waals surface area (Å²) < 4.78 is 27.1. The Bertz CT molecular complexity index is 652. The Hall–Kier alpha value is -1.73. The first-order valence-electron chi connectivity index (χ1n) is 6.67. The smallest absolute Gasteiger partial charge is 0.240 e. The van der Waals surface area contributed by atoms with Gasteiger partial charge in [-0.3, -0.25) is 9.59 Å². The van der Waals surface area contributed by atoms with Crippen molar-refractivity contribution in [1.29, 1.82) is 0 Å². The van der Waals surface area contributed by atoms with Crippen LogP contribution in [-0.4, -0.2) is 44.6 Å². The van der Waals surface area contributed by atoms with Gasteiger partial charge < -0.3 is 4.90 Å². The molecule has 1 unspecified atom stereocenters. The van der Waals surface area contributed by atoms with Crippen LogP contribution in [0.2, 0.25) is 0 Å². The molecule has 114 valence electrons. The minimum absolute atomic E-state index is 0.0243. The number of nitrogens with one attached hydrogen (secondary N) is 1. The molecule has 1 aromatic carbocycles. The molecule has 1 aliphatic rings. The number of rotatable bonds is 4. The predicted octanol–water partition coefficient (Wildman–Crippen LogP) is 0.788. The SMILES string of the molecule is CC(=O)c1ccc(S(=O)(=O)NC2CCC(=O)N(C)C2)cc1. The Morgan fingerprint density at radius 1 is 1.29 bits per heavy atom. The Balaban J connectivity index is 2.11. The number of carbonyl (C=O) groups is 2. The first-order chi connectivity index (χ1) is 9.79. The quantitative estimate of drug-likeness (QED) is 0.833. The third-order valence-corrected chi connectivity index (χ3v) is 5.06. The summed E-state index contributed by atoms with van der Waals surface area (Å²) >= 11 is 0. The van der Waals surface area contributed by atoms with Crippen LogP contribution in [0.25, 0.3) is 0 Å². The molecule has 0 radical (unpaired) electrons. The second kappa shape index (κ2) is 5.95. The van der Waals surface area contributed by atoms with Gasteiger partial charge in [-0.25, -0.2) is 13.1 Å². The Morgan fingerprint density at radius 3 is 2.43 bits per heavy atom. The number of amides is 1. The maximum absolute atomic E-state index is 12.3. The predicted molar refractivity (Wildman–Crippen MR) is 77.4 cm³/mol. The largest absolute Gasteiger partial charge is 0.344 e. The highest BCUT2D eigenvalue weighted by molar-refractivity contribution is 7.89. The van der Waals surface area contributed by atoms with E-state index < -0.39 is 10.0 Å². The number of likely N-dealkylation sites (tertiary alicyclic amines) is 1. The van der Waals surface area contributed by atoms with Gasteiger partial charge in [-0.15, -0.1) is 0 Å². The standard InChI is InChI=1S/C14H18N2O4S/c1-10(17)11-3-6-13(7-4-11)21(19,20)15-12-5-8-14(18)16(2)9-12/h3-4,6-7,12,15H,5,8-9H2,1-2H3. The highest BCUT2D eigenvalue weighted by Gasteiger charge is 2.27. The number of carbonyl (C=O) groups excluding carboxylic acids is 2. The number of ketones is 1. The number of sulfonamides is 1. The molecule has 2 rings (SSSR count). The molecule has 1 heterocycles. The average molecular weight is 310 g/mol. The molecular weight excluding hydrogens is 292 g/mol. The van der Waals surface area contributed by atoms with Gasteiger partial charge in [-0.05, 0) is 25.5 Å². The van der Waals surface area contributed by atoms with Crippen molar-refractivity contribution < 1.29 is 18.0 Å². The van der Waals surface area contributed by atoms with E-state index in [0.29, 0.717) is 24.9 Å². The Labute approximate surface area is 124 Å². The Kier molecular flexibility index (Phi) is 4.43. The van der Waals surface area contributed by atoms with Gasteiger partial charge in [0.05, 0.1) is 4.90 Å². The van der Waals surface area contributed by atoms with Crippen LogP contribution >= 0.6 is 0 Å². The number of piperidine rings is 1. The number of likely N-dealkylation sites (N-methyl/N-ethyl adjacent to an activating group) is 1. The summed E-state index contributed by atoms with van der Waals surface area (Å²) in [6.07, 6.45) is 0.834. The molecule has 1 saturated heterocycles. The molecular formula is C14H18N2O4S. The molecule has 0 aliphatic carbocycles. The van der Waals surface area contributed by atoms with Gasteiger partial charge >= 0.3 is 0 Å². The summed E-state index contributed by atoms with van der Waals surface area (Å²) in [6, 6.07) is 5.53. The van der Waals surface area contributed by atoms with Gasteiger partial charge in [0.1, 0.15) is 0 Å². The molecule has 1 amide bonds. The van der Waals surface area contributed by atoms with E-state index in [-0.39, 0.29) is 22.6 Å². The lowest BCUT2D eigenvalue weighted by Crippen LogP contribution is -2.48. The lowest BCUT2D eigenvalue weighted by atomic mass is 10.1. The van der Waals surface area contributed by atoms with Crippen molar-refractivity contribution in [3.05, 3.63) is 29.8 Å². The van der Waals surface area contributed by atoms with E-state index >= 15 is 0 Å². The molecule has 21 heavy (non-hydrogen) atoms. The number of hydrogen-bond donors (Lipinski definition) is 1. The molecule has 7 heteroatoms. The zero-order valence-electron chi connectivity index (χ0n) is 12.0. The van der Waals surface area contributed by atoms with Gasteiger partial charge in [0.15, 0.2) is 5.78 Å². The summed E-state index contributed by atoms with van der Waals surface area (Å²) in [6.45, 7) is 1.79. The van der Waals surface area contributed by atoms with Crippen LogP contribution in [0.15, 0.2) is 29.2 Å². The van der Waals surface area contributed by atoms with Crippen LogP contribution in [0.5, 0.6) is 0 Å². The van der Waals surface area contributed by atoms with Crippen molar-refractivity contribution in [3.63, 3.8) is 0 Å². The van der Waals surface area contributed by atoms with E-state index in [1.165, 1.54) is 36.1 Å². The number of Topliss-reactive ketones (excluding diaryl/α,β-unsaturated/α-hetero) is 1. The molecule has 6 nitrogen and oxygen atoms in total. The fourth-order valence-electron chi connectivity index (χ4n) is 2.26. The summed E-state index contributed by atoms with van der Waals surface area (Å²) in [7, 11) is -1.99. The number of benzene rings is 1. The Morgan fingerprint density at radius 2 is 1.90 bits per heavy atom. The second-order valence-electron chi connectivity index (χ2n) is 5.21. The van der Waals surface area contributed by atoms with Crippen molar-refractivity contribution in [3.8, 4) is 0 Å². The van der Waals surface area contributed by atoms with Crippen LogP contribution in [0.1, 0.15) is 30.1 Å². The average Bonchev–Trinajstić information content (AvgIpc) is 2.43. The fourth-order valence-corrected chi connectivity index (χ4v) is 3.53. The van der Waals surface area contributed by atoms with E-state index in [0.717, 1.165) is 0 Å². The summed E-state index contributed by atoms with van der Waals surface area (Å²) in [5.74, 6) is -0.0874. The van der Waals surface area contributed by atoms with E-state index in [2.05, 4.69) is 4.72 Å². The monoisotopic (exact) mass is 310 g/mol. The van der Waals surface area contributed by atoms with Crippen molar-refractivity contribution >= 4 is 21.7 Å². The van der Waals surface area contributed by atoms with Crippen LogP contribution in [-0.2, 0) is 14.8 Å². The first kappa shape index (κ1) is 15.7. The topological polar surface area (TPSA) is 83.5 Å². The van der Waals surface area contributed by atoms with Crippen LogP contribution in [0.3, 0.4) is 0 Å². The molecule has 1 N–H and O–H groups in total. The molecule has 1 fully saturated rings. The van der Waals surface area contributed by atoms with Gasteiger partial charge in [0.25, 0.3) is 0 Å². The van der Waals surface area contributed by atoms with Crippen molar-refractivity contribution in [2.24, 2.45) is 0 Å². The number of nitrogens with zero attached hydrogens (tertiary/aromatic N) is 1. The van der Waals surface area contributed by atoms with Gasteiger partial charge in [-0.2, -0.15) is 0 Å². The maximum atomic E-state index is 12.3. The van der Waals surface area contributed by atoms with Crippen molar-refractivity contribution in [1.82, 2.24) is 9.62 Å². The first-order valence-corrected chi connectivity index (χ1v) is 8.15. The molecule has 0 spiro atoms. The molecule has 0 bridgehead atoms. The van der Waals surface area contributed by atoms with Crippen LogP contribution in [0, 0.1) is 0 Å². The zero-order valence-corrected chi connectivity index (χ0v) is 12.8. The van der Waals surface area contributed by atoms with Gasteiger partial charge in [0, 0.05) is 31.6 Å². The van der Waals surface area contributed by atoms with Crippen LogP contribution in [0.4, 0.5) is 0 Å². The van der Waals surface area contributed by atoms with Gasteiger partial charge in [0.2, 0.25) is 15.9 Å². The molecule has 0 saturated carbocycles. The van der Waals surface area contributed by atoms with Crippen LogP contribution < -0.4 is 4.72 Å². The van der Waals surface area contributed by atoms with E-state index in [1.54, 1.807) is 7.05 Å². The number of hydrogen-bond acceptors (Lipinski definition) is 4. The van der Waals surface area contributed by atoms with E-state index in [9.17, 15) is 18.0 Å². The van der Waals surface area contributed by atoms with Crippen molar-refractivity contribution in [2.45, 2.75) is 30.7 Å². The highest BCUT2D eigenvalue weighted by Crippen LogP contribution is 2.15. The minimum atomic E-state index is -3.64.